The van der Waals surface area contributed by atoms with Crippen LogP contribution in [0.4, 0.5) is 0 Å². The Balaban J connectivity index is 0.000000236. The summed E-state index contributed by atoms with van der Waals surface area (Å²) >= 11 is 0. The van der Waals surface area contributed by atoms with Crippen molar-refractivity contribution in [2.75, 3.05) is 27.2 Å². The van der Waals surface area contributed by atoms with Crippen LogP contribution < -0.4 is 20.0 Å². The van der Waals surface area contributed by atoms with Crippen molar-refractivity contribution in [2.24, 2.45) is 0 Å². The summed E-state index contributed by atoms with van der Waals surface area (Å²) in [4.78, 5) is 28.3. The molecule has 2 unspecified atom stereocenters. The van der Waals surface area contributed by atoms with Gasteiger partial charge in [-0.15, -0.1) is 0 Å². The van der Waals surface area contributed by atoms with E-state index in [1.54, 1.807) is 12.1 Å². The van der Waals surface area contributed by atoms with Gasteiger partial charge in [0.2, 0.25) is 0 Å². The number of hydrogen-bond acceptors (Lipinski definition) is 6. The number of phenolic OH excluding ortho intramolecular Hbond substituents is 2. The van der Waals surface area contributed by atoms with E-state index < -0.39 is 11.9 Å². The van der Waals surface area contributed by atoms with Crippen LogP contribution in [0.5, 0.6) is 11.5 Å². The number of aromatic nitrogens is 2. The van der Waals surface area contributed by atoms with Gasteiger partial charge in [0, 0.05) is 47.0 Å². The van der Waals surface area contributed by atoms with Crippen LogP contribution in [0.25, 0.3) is 21.8 Å². The molecule has 0 aliphatic rings. The second-order valence-electron chi connectivity index (χ2n) is 11.0. The fraction of sp³-hybridized carbons (Fsp3) is 0.375. The molecule has 0 saturated heterocycles. The molecule has 0 aliphatic heterocycles. The lowest BCUT2D eigenvalue weighted by atomic mass is 10.1. The van der Waals surface area contributed by atoms with E-state index in [9.17, 15) is 30.0 Å². The van der Waals surface area contributed by atoms with E-state index in [-0.39, 0.29) is 0 Å². The number of carbonyl (C=O) groups excluding carboxylic acids is 2. The van der Waals surface area contributed by atoms with E-state index in [1.165, 1.54) is 20.9 Å². The molecule has 42 heavy (non-hydrogen) atoms. The minimum Gasteiger partial charge on any atom is -0.545 e. The van der Waals surface area contributed by atoms with E-state index in [0.717, 1.165) is 47.7 Å². The molecule has 2 aromatic heterocycles. The number of likely N-dealkylation sites (N-methyl/N-ethyl adjacent to an activating group) is 2. The molecule has 0 fully saturated rings. The summed E-state index contributed by atoms with van der Waals surface area (Å²) in [5, 5.41) is 40.6. The molecule has 4 aromatic rings. The highest BCUT2D eigenvalue weighted by Crippen LogP contribution is 2.28. The summed E-state index contributed by atoms with van der Waals surface area (Å²) < 4.78 is 0. The standard InChI is InChI=1S/2C14H20N2O.C4H4O4/c2*1-10(2)16(3)8-7-11-9-15-12-5-4-6-13(17)14(11)12;5-3(6)1-2-4(7)8/h2*4-6,9-10,15,17H,7-8H2,1-3H3;1-2H,(H,5,6)(H,7,8)/b;;2-1+. The second kappa shape index (κ2) is 16.2. The van der Waals surface area contributed by atoms with Crippen LogP contribution >= 0.6 is 0 Å². The van der Waals surface area contributed by atoms with Crippen LogP contribution in [0, 0.1) is 0 Å². The lowest BCUT2D eigenvalue weighted by molar-refractivity contribution is -0.901. The first-order valence-corrected chi connectivity index (χ1v) is 14.1. The second-order valence-corrected chi connectivity index (χ2v) is 11.0. The summed E-state index contributed by atoms with van der Waals surface area (Å²) in [7, 11) is 4.42. The highest BCUT2D eigenvalue weighted by Gasteiger charge is 2.13. The molecule has 0 saturated carbocycles. The third-order valence-corrected chi connectivity index (χ3v) is 7.44. The lowest BCUT2D eigenvalue weighted by Gasteiger charge is -2.17. The van der Waals surface area contributed by atoms with Gasteiger partial charge in [-0.25, -0.2) is 0 Å². The third kappa shape index (κ3) is 10.3. The van der Waals surface area contributed by atoms with Crippen LogP contribution in [-0.4, -0.2) is 71.4 Å². The summed E-state index contributed by atoms with van der Waals surface area (Å²) in [6, 6.07) is 12.5. The van der Waals surface area contributed by atoms with E-state index in [1.807, 2.05) is 36.7 Å². The van der Waals surface area contributed by atoms with Gasteiger partial charge in [0.1, 0.15) is 11.5 Å². The molecular formula is C32H44N4O6. The molecule has 0 bridgehead atoms. The summed E-state index contributed by atoms with van der Waals surface area (Å²) in [6.45, 7) is 11.1. The van der Waals surface area contributed by atoms with Crippen LogP contribution in [0.1, 0.15) is 38.8 Å². The van der Waals surface area contributed by atoms with Crippen molar-refractivity contribution in [1.82, 2.24) is 9.97 Å². The van der Waals surface area contributed by atoms with E-state index in [2.05, 4.69) is 51.8 Å². The molecular weight excluding hydrogens is 536 g/mol. The quantitative estimate of drug-likeness (QED) is 0.142. The predicted octanol–water partition coefficient (Wildman–Crippen LogP) is -0.279. The number of nitrogens with one attached hydrogen (secondary N) is 4. The Kier molecular flexibility index (Phi) is 13.1. The average molecular weight is 581 g/mol. The fourth-order valence-corrected chi connectivity index (χ4v) is 4.24. The summed E-state index contributed by atoms with van der Waals surface area (Å²) in [5.41, 5.74) is 4.44. The highest BCUT2D eigenvalue weighted by molar-refractivity contribution is 5.90. The third-order valence-electron chi connectivity index (χ3n) is 7.44. The van der Waals surface area contributed by atoms with E-state index in [4.69, 9.17) is 0 Å². The fourth-order valence-electron chi connectivity index (χ4n) is 4.24. The van der Waals surface area contributed by atoms with Crippen molar-refractivity contribution in [3.63, 3.8) is 0 Å². The van der Waals surface area contributed by atoms with E-state index >= 15 is 0 Å². The lowest BCUT2D eigenvalue weighted by Crippen LogP contribution is -3.12. The number of aliphatic carboxylic acids is 2. The normalized spacial score (nSPS) is 12.7. The SMILES string of the molecule is CC(C)[NH+](C)CCc1c[nH]c2cccc(O)c12.CC(C)[NH+](C)CCc1c[nH]c2cccc(O)c12.O=C([O-])/C=C/C(=O)[O-]. The Labute approximate surface area is 246 Å². The van der Waals surface area contributed by atoms with Crippen LogP contribution in [0.2, 0.25) is 0 Å². The minimum atomic E-state index is -1.55. The van der Waals surface area contributed by atoms with Crippen LogP contribution in [0.3, 0.4) is 0 Å². The van der Waals surface area contributed by atoms with Crippen molar-refractivity contribution in [2.45, 2.75) is 52.6 Å². The van der Waals surface area contributed by atoms with Crippen LogP contribution in [-0.2, 0) is 22.4 Å². The maximum atomic E-state index is 9.89. The van der Waals surface area contributed by atoms with Crippen molar-refractivity contribution < 1.29 is 39.8 Å². The van der Waals surface area contributed by atoms with Gasteiger partial charge < -0.3 is 49.8 Å². The van der Waals surface area contributed by atoms with Crippen molar-refractivity contribution in [1.29, 1.82) is 0 Å². The number of aromatic amines is 2. The monoisotopic (exact) mass is 580 g/mol. The molecule has 2 atom stereocenters. The first-order chi connectivity index (χ1) is 19.8. The molecule has 6 N–H and O–H groups in total. The number of fused-ring (bicyclic) bond motifs is 2. The molecule has 10 nitrogen and oxygen atoms in total. The maximum absolute atomic E-state index is 9.89. The number of aromatic hydroxyl groups is 2. The Morgan fingerprint density at radius 3 is 1.40 bits per heavy atom. The first kappa shape index (κ1) is 33.9. The molecule has 0 amide bonds. The van der Waals surface area contributed by atoms with Crippen molar-refractivity contribution in [3.05, 3.63) is 72.1 Å². The van der Waals surface area contributed by atoms with Gasteiger partial charge in [-0.3, -0.25) is 0 Å². The molecule has 4 rings (SSSR count). The number of carboxylic acid groups (broad SMARTS) is 2. The number of carbonyl (C=O) groups is 2. The summed E-state index contributed by atoms with van der Waals surface area (Å²) in [6.07, 6.45) is 6.77. The van der Waals surface area contributed by atoms with Gasteiger partial charge in [-0.2, -0.15) is 0 Å². The molecule has 0 spiro atoms. The Hall–Kier alpha value is -4.28. The maximum Gasteiger partial charge on any atom is 0.125 e. The largest absolute Gasteiger partial charge is 0.545 e. The predicted molar refractivity (Wildman–Crippen MR) is 160 cm³/mol. The molecule has 10 heteroatoms. The molecule has 2 aromatic carbocycles. The van der Waals surface area contributed by atoms with Crippen LogP contribution in [0.15, 0.2) is 60.9 Å². The van der Waals surface area contributed by atoms with Gasteiger partial charge in [0.05, 0.1) is 51.2 Å². The zero-order chi connectivity index (χ0) is 31.4. The summed E-state index contributed by atoms with van der Waals surface area (Å²) in [5.74, 6) is -2.34. The van der Waals surface area contributed by atoms with Crippen molar-refractivity contribution >= 4 is 33.7 Å². The van der Waals surface area contributed by atoms with Crippen molar-refractivity contribution in [3.8, 4) is 11.5 Å². The van der Waals surface area contributed by atoms with Gasteiger partial charge in [-0.1, -0.05) is 12.1 Å². The smallest absolute Gasteiger partial charge is 0.125 e. The number of phenols is 2. The topological polar surface area (TPSA) is 161 Å². The Morgan fingerprint density at radius 2 is 1.10 bits per heavy atom. The molecule has 0 radical (unpaired) electrons. The Bertz CT molecular complexity index is 1360. The zero-order valence-electron chi connectivity index (χ0n) is 25.3. The van der Waals surface area contributed by atoms with Gasteiger partial charge in [0.15, 0.2) is 0 Å². The molecule has 0 aliphatic carbocycles. The number of H-pyrrole nitrogens is 2. The number of hydrogen-bond donors (Lipinski definition) is 6. The first-order valence-electron chi connectivity index (χ1n) is 14.1. The average Bonchev–Trinajstić information content (AvgIpc) is 3.55. The zero-order valence-corrected chi connectivity index (χ0v) is 25.3. The number of quaternary nitrogens is 2. The van der Waals surface area contributed by atoms with Gasteiger partial charge in [-0.05, 0) is 75.2 Å². The number of benzene rings is 2. The Morgan fingerprint density at radius 1 is 0.738 bits per heavy atom. The van der Waals surface area contributed by atoms with Gasteiger partial charge in [0.25, 0.3) is 0 Å². The molecule has 228 valence electrons. The number of rotatable bonds is 10. The molecule has 2 heterocycles. The highest BCUT2D eigenvalue weighted by atomic mass is 16.4. The van der Waals surface area contributed by atoms with Gasteiger partial charge >= 0.3 is 0 Å². The minimum absolute atomic E-state index is 0.376. The number of carboxylic acids is 2. The van der Waals surface area contributed by atoms with E-state index in [0.29, 0.717) is 35.7 Å².